The number of aromatic nitrogens is 2. The fourth-order valence-corrected chi connectivity index (χ4v) is 4.36. The molecule has 1 saturated heterocycles. The molecule has 0 unspecified atom stereocenters. The number of nitrogens with one attached hydrogen (secondary N) is 2. The number of hydrogen-bond donors (Lipinski definition) is 2. The van der Waals surface area contributed by atoms with Crippen molar-refractivity contribution >= 4 is 28.3 Å². The van der Waals surface area contributed by atoms with E-state index in [0.29, 0.717) is 18.1 Å². The molecule has 0 radical (unpaired) electrons. The number of rotatable bonds is 7. The Labute approximate surface area is 210 Å². The van der Waals surface area contributed by atoms with Crippen LogP contribution in [-0.4, -0.2) is 60.2 Å². The SMILES string of the molecule is Cc1ccc(-n2nc(C)cc2NC(=O)Nc2ccc(OCCN3CCOCC3)c3ccccc23)cc1. The highest BCUT2D eigenvalue weighted by atomic mass is 16.5. The van der Waals surface area contributed by atoms with Crippen molar-refractivity contribution < 1.29 is 14.3 Å². The predicted octanol–water partition coefficient (Wildman–Crippen LogP) is 5.00. The molecule has 186 valence electrons. The Morgan fingerprint density at radius 2 is 1.72 bits per heavy atom. The fraction of sp³-hybridized carbons (Fsp3) is 0.286. The van der Waals surface area contributed by atoms with Gasteiger partial charge in [0.15, 0.2) is 0 Å². The summed E-state index contributed by atoms with van der Waals surface area (Å²) >= 11 is 0. The van der Waals surface area contributed by atoms with Gasteiger partial charge in [0.25, 0.3) is 0 Å². The van der Waals surface area contributed by atoms with Crippen molar-refractivity contribution in [1.82, 2.24) is 14.7 Å². The summed E-state index contributed by atoms with van der Waals surface area (Å²) in [5, 5.41) is 12.4. The first kappa shape index (κ1) is 23.8. The van der Waals surface area contributed by atoms with Crippen LogP contribution in [0.5, 0.6) is 5.75 Å². The van der Waals surface area contributed by atoms with Crippen molar-refractivity contribution in [2.24, 2.45) is 0 Å². The average molecular weight is 486 g/mol. The van der Waals surface area contributed by atoms with Gasteiger partial charge in [0.2, 0.25) is 0 Å². The van der Waals surface area contributed by atoms with E-state index in [4.69, 9.17) is 9.47 Å². The molecule has 1 aliphatic rings. The Kier molecular flexibility index (Phi) is 7.16. The van der Waals surface area contributed by atoms with Crippen LogP contribution in [0.15, 0.2) is 66.7 Å². The molecule has 5 rings (SSSR count). The summed E-state index contributed by atoms with van der Waals surface area (Å²) in [6.45, 7) is 8.81. The lowest BCUT2D eigenvalue weighted by atomic mass is 10.1. The second-order valence-electron chi connectivity index (χ2n) is 8.96. The van der Waals surface area contributed by atoms with Gasteiger partial charge in [-0.1, -0.05) is 42.0 Å². The number of anilines is 2. The number of amides is 2. The van der Waals surface area contributed by atoms with Gasteiger partial charge in [-0.3, -0.25) is 10.2 Å². The maximum absolute atomic E-state index is 13.0. The summed E-state index contributed by atoms with van der Waals surface area (Å²) < 4.78 is 13.3. The molecule has 2 N–H and O–H groups in total. The fourth-order valence-electron chi connectivity index (χ4n) is 4.36. The van der Waals surface area contributed by atoms with Gasteiger partial charge >= 0.3 is 6.03 Å². The largest absolute Gasteiger partial charge is 0.492 e. The maximum Gasteiger partial charge on any atom is 0.324 e. The summed E-state index contributed by atoms with van der Waals surface area (Å²) in [6.07, 6.45) is 0. The molecule has 8 nitrogen and oxygen atoms in total. The van der Waals surface area contributed by atoms with Crippen LogP contribution in [-0.2, 0) is 4.74 Å². The van der Waals surface area contributed by atoms with Gasteiger partial charge in [-0.05, 0) is 38.1 Å². The molecule has 1 aromatic heterocycles. The zero-order valence-corrected chi connectivity index (χ0v) is 20.7. The number of ether oxygens (including phenoxy) is 2. The van der Waals surface area contributed by atoms with Crippen LogP contribution < -0.4 is 15.4 Å². The first-order chi connectivity index (χ1) is 17.6. The van der Waals surface area contributed by atoms with Crippen LogP contribution in [0.2, 0.25) is 0 Å². The summed E-state index contributed by atoms with van der Waals surface area (Å²) in [5.41, 5.74) is 3.57. The standard InChI is InChI=1S/C28H31N5O3/c1-20-7-9-22(10-8-20)33-27(19-21(2)31-33)30-28(34)29-25-11-12-26(24-6-4-3-5-23(24)25)36-18-15-32-13-16-35-17-14-32/h3-12,19H,13-18H2,1-2H3,(H2,29,30,34). The van der Waals surface area contributed by atoms with E-state index in [1.54, 1.807) is 4.68 Å². The predicted molar refractivity (Wildman–Crippen MR) is 142 cm³/mol. The van der Waals surface area contributed by atoms with Gasteiger partial charge in [0.05, 0.1) is 30.3 Å². The number of benzene rings is 3. The monoisotopic (exact) mass is 485 g/mol. The van der Waals surface area contributed by atoms with Crippen molar-refractivity contribution in [3.8, 4) is 11.4 Å². The topological polar surface area (TPSA) is 80.7 Å². The quantitative estimate of drug-likeness (QED) is 0.385. The number of hydrogen-bond acceptors (Lipinski definition) is 5. The number of fused-ring (bicyclic) bond motifs is 1. The zero-order chi connectivity index (χ0) is 24.9. The van der Waals surface area contributed by atoms with Crippen LogP contribution in [0.3, 0.4) is 0 Å². The molecular formula is C28H31N5O3. The number of carbonyl (C=O) groups is 1. The molecule has 3 aromatic carbocycles. The van der Waals surface area contributed by atoms with Gasteiger partial charge in [-0.15, -0.1) is 0 Å². The maximum atomic E-state index is 13.0. The third-order valence-electron chi connectivity index (χ3n) is 6.25. The van der Waals surface area contributed by atoms with E-state index in [-0.39, 0.29) is 6.03 Å². The second kappa shape index (κ2) is 10.8. The Balaban J connectivity index is 1.29. The molecule has 1 aliphatic heterocycles. The number of nitrogens with zero attached hydrogens (tertiary/aromatic N) is 3. The van der Waals surface area contributed by atoms with Crippen molar-refractivity contribution in [3.63, 3.8) is 0 Å². The molecule has 1 fully saturated rings. The van der Waals surface area contributed by atoms with Gasteiger partial charge in [-0.2, -0.15) is 5.10 Å². The number of carbonyl (C=O) groups excluding carboxylic acids is 1. The van der Waals surface area contributed by atoms with Gasteiger partial charge in [0, 0.05) is 36.5 Å². The van der Waals surface area contributed by atoms with Crippen molar-refractivity contribution in [1.29, 1.82) is 0 Å². The molecule has 0 atom stereocenters. The first-order valence-corrected chi connectivity index (χ1v) is 12.2. The van der Waals surface area contributed by atoms with E-state index < -0.39 is 0 Å². The highest BCUT2D eigenvalue weighted by molar-refractivity contribution is 6.07. The lowest BCUT2D eigenvalue weighted by Gasteiger charge is -2.26. The van der Waals surface area contributed by atoms with E-state index in [9.17, 15) is 4.79 Å². The Morgan fingerprint density at radius 1 is 0.972 bits per heavy atom. The summed E-state index contributed by atoms with van der Waals surface area (Å²) in [6, 6.07) is 21.2. The summed E-state index contributed by atoms with van der Waals surface area (Å²) in [7, 11) is 0. The minimum absolute atomic E-state index is 0.339. The Hall–Kier alpha value is -3.88. The third-order valence-corrected chi connectivity index (χ3v) is 6.25. The molecule has 2 amide bonds. The smallest absolute Gasteiger partial charge is 0.324 e. The summed E-state index contributed by atoms with van der Waals surface area (Å²) in [4.78, 5) is 15.3. The lowest BCUT2D eigenvalue weighted by molar-refractivity contribution is 0.0323. The number of morpholine rings is 1. The van der Waals surface area contributed by atoms with E-state index in [1.165, 1.54) is 0 Å². The zero-order valence-electron chi connectivity index (χ0n) is 20.7. The Morgan fingerprint density at radius 3 is 2.50 bits per heavy atom. The van der Waals surface area contributed by atoms with Crippen LogP contribution >= 0.6 is 0 Å². The van der Waals surface area contributed by atoms with Crippen molar-refractivity contribution in [2.75, 3.05) is 50.1 Å². The molecule has 0 aliphatic carbocycles. The lowest BCUT2D eigenvalue weighted by Crippen LogP contribution is -2.38. The second-order valence-corrected chi connectivity index (χ2v) is 8.96. The molecule has 8 heteroatoms. The first-order valence-electron chi connectivity index (χ1n) is 12.2. The van der Waals surface area contributed by atoms with Crippen molar-refractivity contribution in [3.05, 3.63) is 78.0 Å². The van der Waals surface area contributed by atoms with Crippen LogP contribution in [0.1, 0.15) is 11.3 Å². The minimum atomic E-state index is -0.339. The average Bonchev–Trinajstić information content (AvgIpc) is 3.26. The third kappa shape index (κ3) is 5.50. The highest BCUT2D eigenvalue weighted by Gasteiger charge is 2.14. The Bertz CT molecular complexity index is 1340. The highest BCUT2D eigenvalue weighted by Crippen LogP contribution is 2.32. The van der Waals surface area contributed by atoms with Gasteiger partial charge in [-0.25, -0.2) is 9.48 Å². The number of urea groups is 1. The minimum Gasteiger partial charge on any atom is -0.492 e. The molecule has 0 bridgehead atoms. The molecular weight excluding hydrogens is 454 g/mol. The van der Waals surface area contributed by atoms with Crippen LogP contribution in [0, 0.1) is 13.8 Å². The van der Waals surface area contributed by atoms with Gasteiger partial charge < -0.3 is 14.8 Å². The number of aryl methyl sites for hydroxylation is 2. The van der Waals surface area contributed by atoms with E-state index in [1.807, 2.05) is 80.6 Å². The normalized spacial score (nSPS) is 14.1. The van der Waals surface area contributed by atoms with Gasteiger partial charge in [0.1, 0.15) is 18.2 Å². The van der Waals surface area contributed by atoms with E-state index >= 15 is 0 Å². The van der Waals surface area contributed by atoms with E-state index in [2.05, 4.69) is 20.6 Å². The molecule has 2 heterocycles. The van der Waals surface area contributed by atoms with Crippen LogP contribution in [0.25, 0.3) is 16.5 Å². The van der Waals surface area contributed by atoms with Crippen molar-refractivity contribution in [2.45, 2.75) is 13.8 Å². The van der Waals surface area contributed by atoms with Crippen LogP contribution in [0.4, 0.5) is 16.3 Å². The molecule has 0 spiro atoms. The molecule has 4 aromatic rings. The molecule has 0 saturated carbocycles. The summed E-state index contributed by atoms with van der Waals surface area (Å²) in [5.74, 6) is 1.40. The molecule has 36 heavy (non-hydrogen) atoms. The van der Waals surface area contributed by atoms with E-state index in [0.717, 1.165) is 66.3 Å².